The van der Waals surface area contributed by atoms with E-state index in [9.17, 15) is 4.39 Å². The van der Waals surface area contributed by atoms with Crippen LogP contribution in [-0.4, -0.2) is 7.11 Å². The predicted molar refractivity (Wildman–Crippen MR) is 71.2 cm³/mol. The quantitative estimate of drug-likeness (QED) is 0.839. The largest absolute Gasteiger partial charge is 0.497 e. The lowest BCUT2D eigenvalue weighted by Crippen LogP contribution is -1.95. The Morgan fingerprint density at radius 2 is 1.61 bits per heavy atom. The highest BCUT2D eigenvalue weighted by molar-refractivity contribution is 5.42. The van der Waals surface area contributed by atoms with Crippen LogP contribution >= 0.6 is 0 Å². The molecule has 2 nitrogen and oxygen atoms in total. The summed E-state index contributed by atoms with van der Waals surface area (Å²) in [5.41, 5.74) is 8.01. The van der Waals surface area contributed by atoms with E-state index in [1.165, 1.54) is 11.6 Å². The fourth-order valence-corrected chi connectivity index (χ4v) is 1.83. The first-order valence-electron chi connectivity index (χ1n) is 5.86. The molecule has 2 N–H and O–H groups in total. The molecule has 0 aromatic heterocycles. The lowest BCUT2D eigenvalue weighted by molar-refractivity contribution is 0.414. The summed E-state index contributed by atoms with van der Waals surface area (Å²) in [5, 5.41) is 0. The molecule has 0 aliphatic carbocycles. The fourth-order valence-electron chi connectivity index (χ4n) is 1.83. The second-order valence-electron chi connectivity index (χ2n) is 4.20. The summed E-state index contributed by atoms with van der Waals surface area (Å²) in [4.78, 5) is 0. The maximum absolute atomic E-state index is 13.0. The summed E-state index contributed by atoms with van der Waals surface area (Å²) in [7, 11) is 1.65. The van der Waals surface area contributed by atoms with Gasteiger partial charge in [-0.2, -0.15) is 0 Å². The summed E-state index contributed by atoms with van der Waals surface area (Å²) in [5.74, 6) is 0.493. The molecule has 0 amide bonds. The highest BCUT2D eigenvalue weighted by Gasteiger charge is 2.01. The number of hydrogen-bond donors (Lipinski definition) is 1. The number of methoxy groups -OCH3 is 1. The van der Waals surface area contributed by atoms with E-state index < -0.39 is 0 Å². The van der Waals surface area contributed by atoms with Crippen LogP contribution in [0.15, 0.2) is 42.5 Å². The number of rotatable bonds is 4. The molecule has 2 aromatic rings. The minimum Gasteiger partial charge on any atom is -0.497 e. The summed E-state index contributed by atoms with van der Waals surface area (Å²) in [6.45, 7) is 0. The predicted octanol–water partition coefficient (Wildman–Crippen LogP) is 3.20. The number of aryl methyl sites for hydroxylation is 2. The van der Waals surface area contributed by atoms with Gasteiger partial charge in [-0.3, -0.25) is 0 Å². The maximum Gasteiger partial charge on any atom is 0.146 e. The van der Waals surface area contributed by atoms with Crippen molar-refractivity contribution in [2.75, 3.05) is 12.8 Å². The van der Waals surface area contributed by atoms with E-state index in [-0.39, 0.29) is 11.5 Å². The molecule has 0 atom stereocenters. The Morgan fingerprint density at radius 3 is 2.22 bits per heavy atom. The number of halogens is 1. The van der Waals surface area contributed by atoms with Crippen molar-refractivity contribution in [1.82, 2.24) is 0 Å². The molecule has 0 radical (unpaired) electrons. The van der Waals surface area contributed by atoms with Crippen molar-refractivity contribution >= 4 is 5.69 Å². The molecule has 0 saturated heterocycles. The molecule has 18 heavy (non-hydrogen) atoms. The van der Waals surface area contributed by atoms with Crippen molar-refractivity contribution in [2.24, 2.45) is 0 Å². The van der Waals surface area contributed by atoms with E-state index in [0.717, 1.165) is 24.2 Å². The molecule has 0 fully saturated rings. The highest BCUT2D eigenvalue weighted by Crippen LogP contribution is 2.16. The Hall–Kier alpha value is -2.03. The standard InChI is InChI=1S/C15H16FNO/c1-18-13-7-4-11(5-8-13)2-3-12-6-9-14(16)15(17)10-12/h4-10H,2-3,17H2,1H3. The first-order chi connectivity index (χ1) is 8.69. The third-order valence-electron chi connectivity index (χ3n) is 2.92. The van der Waals surface area contributed by atoms with E-state index in [1.54, 1.807) is 19.2 Å². The Morgan fingerprint density at radius 1 is 1.00 bits per heavy atom. The molecule has 0 heterocycles. The molecule has 0 saturated carbocycles. The van der Waals surface area contributed by atoms with E-state index in [1.807, 2.05) is 24.3 Å². The van der Waals surface area contributed by atoms with Crippen molar-refractivity contribution in [3.8, 4) is 5.75 Å². The molecule has 0 aliphatic heterocycles. The number of anilines is 1. The lowest BCUT2D eigenvalue weighted by atomic mass is 10.0. The van der Waals surface area contributed by atoms with Crippen molar-refractivity contribution in [3.05, 3.63) is 59.4 Å². The molecule has 2 aromatic carbocycles. The molecule has 0 spiro atoms. The second-order valence-corrected chi connectivity index (χ2v) is 4.20. The van der Waals surface area contributed by atoms with Crippen LogP contribution in [0.25, 0.3) is 0 Å². The van der Waals surface area contributed by atoms with Gasteiger partial charge in [-0.05, 0) is 48.2 Å². The van der Waals surface area contributed by atoms with Gasteiger partial charge in [0.1, 0.15) is 11.6 Å². The average Bonchev–Trinajstić information content (AvgIpc) is 2.41. The zero-order valence-electron chi connectivity index (χ0n) is 10.3. The Bertz CT molecular complexity index is 523. The van der Waals surface area contributed by atoms with Crippen LogP contribution in [0.1, 0.15) is 11.1 Å². The first-order valence-corrected chi connectivity index (χ1v) is 5.86. The van der Waals surface area contributed by atoms with Crippen LogP contribution in [0.2, 0.25) is 0 Å². The topological polar surface area (TPSA) is 35.2 Å². The van der Waals surface area contributed by atoms with Gasteiger partial charge in [0, 0.05) is 0 Å². The van der Waals surface area contributed by atoms with E-state index in [2.05, 4.69) is 0 Å². The number of ether oxygens (including phenoxy) is 1. The van der Waals surface area contributed by atoms with Gasteiger partial charge in [0.05, 0.1) is 12.8 Å². The normalized spacial score (nSPS) is 10.3. The zero-order valence-corrected chi connectivity index (χ0v) is 10.3. The van der Waals surface area contributed by atoms with Crippen molar-refractivity contribution in [3.63, 3.8) is 0 Å². The molecule has 2 rings (SSSR count). The van der Waals surface area contributed by atoms with Gasteiger partial charge in [0.2, 0.25) is 0 Å². The van der Waals surface area contributed by atoms with Crippen LogP contribution in [0, 0.1) is 5.82 Å². The van der Waals surface area contributed by atoms with Gasteiger partial charge >= 0.3 is 0 Å². The van der Waals surface area contributed by atoms with Gasteiger partial charge in [-0.15, -0.1) is 0 Å². The van der Waals surface area contributed by atoms with Gasteiger partial charge < -0.3 is 10.5 Å². The Balaban J connectivity index is 1.99. The summed E-state index contributed by atoms with van der Waals surface area (Å²) >= 11 is 0. The monoisotopic (exact) mass is 245 g/mol. The second kappa shape index (κ2) is 5.54. The van der Waals surface area contributed by atoms with Gasteiger partial charge in [0.15, 0.2) is 0 Å². The Labute approximate surface area is 106 Å². The third kappa shape index (κ3) is 3.00. The van der Waals surface area contributed by atoms with Crippen LogP contribution in [-0.2, 0) is 12.8 Å². The molecule has 0 aliphatic rings. The Kier molecular flexibility index (Phi) is 3.82. The number of nitrogen functional groups attached to an aromatic ring is 1. The lowest BCUT2D eigenvalue weighted by Gasteiger charge is -2.05. The van der Waals surface area contributed by atoms with E-state index >= 15 is 0 Å². The SMILES string of the molecule is COc1ccc(CCc2ccc(F)c(N)c2)cc1. The number of benzene rings is 2. The molecular weight excluding hydrogens is 229 g/mol. The van der Waals surface area contributed by atoms with Crippen LogP contribution in [0.4, 0.5) is 10.1 Å². The van der Waals surface area contributed by atoms with Crippen LogP contribution < -0.4 is 10.5 Å². The van der Waals surface area contributed by atoms with Crippen molar-refractivity contribution in [2.45, 2.75) is 12.8 Å². The van der Waals surface area contributed by atoms with Crippen LogP contribution in [0.5, 0.6) is 5.75 Å². The van der Waals surface area contributed by atoms with Gasteiger partial charge in [-0.1, -0.05) is 18.2 Å². The highest BCUT2D eigenvalue weighted by atomic mass is 19.1. The molecular formula is C15H16FNO. The average molecular weight is 245 g/mol. The van der Waals surface area contributed by atoms with Gasteiger partial charge in [0.25, 0.3) is 0 Å². The number of nitrogens with two attached hydrogens (primary N) is 1. The minimum atomic E-state index is -0.358. The molecule has 3 heteroatoms. The molecule has 94 valence electrons. The van der Waals surface area contributed by atoms with Crippen molar-refractivity contribution < 1.29 is 9.13 Å². The van der Waals surface area contributed by atoms with Gasteiger partial charge in [-0.25, -0.2) is 4.39 Å². The zero-order chi connectivity index (χ0) is 13.0. The van der Waals surface area contributed by atoms with E-state index in [0.29, 0.717) is 0 Å². The smallest absolute Gasteiger partial charge is 0.146 e. The summed E-state index contributed by atoms with van der Waals surface area (Å²) in [6.07, 6.45) is 1.74. The molecule has 0 bridgehead atoms. The van der Waals surface area contributed by atoms with E-state index in [4.69, 9.17) is 10.5 Å². The van der Waals surface area contributed by atoms with Crippen LogP contribution in [0.3, 0.4) is 0 Å². The summed E-state index contributed by atoms with van der Waals surface area (Å²) < 4.78 is 18.1. The van der Waals surface area contributed by atoms with Crippen molar-refractivity contribution in [1.29, 1.82) is 0 Å². The third-order valence-corrected chi connectivity index (χ3v) is 2.92. The first kappa shape index (κ1) is 12.4. The molecule has 0 unspecified atom stereocenters. The number of hydrogen-bond acceptors (Lipinski definition) is 2. The maximum atomic E-state index is 13.0. The summed E-state index contributed by atoms with van der Waals surface area (Å²) in [6, 6.07) is 12.8. The minimum absolute atomic E-state index is 0.210. The fraction of sp³-hybridized carbons (Fsp3) is 0.200.